The smallest absolute Gasteiger partial charge is 0.365 e. The van der Waals surface area contributed by atoms with Gasteiger partial charge in [-0.3, -0.25) is 9.59 Å². The van der Waals surface area contributed by atoms with Crippen molar-refractivity contribution in [2.75, 3.05) is 25.5 Å². The monoisotopic (exact) mass is 325 g/mol. The Morgan fingerprint density at radius 3 is 2.57 bits per heavy atom. The van der Waals surface area contributed by atoms with E-state index in [1.165, 1.54) is 0 Å². The second-order valence-corrected chi connectivity index (χ2v) is 4.40. The van der Waals surface area contributed by atoms with E-state index in [4.69, 9.17) is 17.3 Å². The Kier molecular flexibility index (Phi) is 5.30. The largest absolute Gasteiger partial charge is 0.406 e. The molecule has 0 aliphatic heterocycles. The maximum atomic E-state index is 12.1. The van der Waals surface area contributed by atoms with Crippen molar-refractivity contribution in [2.24, 2.45) is 5.73 Å². The van der Waals surface area contributed by atoms with Gasteiger partial charge in [0.2, 0.25) is 5.91 Å². The number of hydrogen-bond donors (Lipinski definition) is 2. The first-order valence-corrected chi connectivity index (χ1v) is 5.85. The molecular formula is C10H11ClF3N5O2. The summed E-state index contributed by atoms with van der Waals surface area (Å²) in [5, 5.41) is 9.27. The molecule has 7 nitrogen and oxygen atoms in total. The van der Waals surface area contributed by atoms with Gasteiger partial charge < -0.3 is 16.0 Å². The van der Waals surface area contributed by atoms with Gasteiger partial charge in [0, 0.05) is 7.05 Å². The van der Waals surface area contributed by atoms with Gasteiger partial charge in [0.05, 0.1) is 12.1 Å². The lowest BCUT2D eigenvalue weighted by atomic mass is 10.2. The minimum atomic E-state index is -4.50. The van der Waals surface area contributed by atoms with Crippen LogP contribution >= 0.6 is 11.6 Å². The summed E-state index contributed by atoms with van der Waals surface area (Å²) in [5.74, 6) is -1.86. The van der Waals surface area contributed by atoms with Crippen LogP contribution in [0.2, 0.25) is 5.15 Å². The van der Waals surface area contributed by atoms with Gasteiger partial charge in [-0.25, -0.2) is 0 Å². The number of likely N-dealkylation sites (N-methyl/N-ethyl adjacent to an activating group) is 1. The summed E-state index contributed by atoms with van der Waals surface area (Å²) in [6.45, 7) is -1.90. The number of rotatable bonds is 5. The number of hydrogen-bond acceptors (Lipinski definition) is 5. The van der Waals surface area contributed by atoms with Crippen LogP contribution in [0.4, 0.5) is 19.0 Å². The van der Waals surface area contributed by atoms with Crippen molar-refractivity contribution in [3.8, 4) is 0 Å². The van der Waals surface area contributed by atoms with E-state index in [0.717, 1.165) is 13.1 Å². The van der Waals surface area contributed by atoms with E-state index in [1.54, 1.807) is 0 Å². The first-order chi connectivity index (χ1) is 9.60. The van der Waals surface area contributed by atoms with Gasteiger partial charge in [-0.15, -0.1) is 10.2 Å². The molecule has 0 spiro atoms. The summed E-state index contributed by atoms with van der Waals surface area (Å²) in [4.78, 5) is 23.2. The molecule has 0 aromatic carbocycles. The molecule has 1 aromatic heterocycles. The van der Waals surface area contributed by atoms with Gasteiger partial charge in [0.15, 0.2) is 11.0 Å². The summed E-state index contributed by atoms with van der Waals surface area (Å²) in [6, 6.07) is 1.13. The highest BCUT2D eigenvalue weighted by Crippen LogP contribution is 2.16. The van der Waals surface area contributed by atoms with Crippen LogP contribution in [0, 0.1) is 0 Å². The van der Waals surface area contributed by atoms with E-state index in [-0.39, 0.29) is 16.5 Å². The van der Waals surface area contributed by atoms with Crippen molar-refractivity contribution < 1.29 is 22.8 Å². The summed E-state index contributed by atoms with van der Waals surface area (Å²) >= 11 is 5.54. The predicted octanol–water partition coefficient (Wildman–Crippen LogP) is 0.661. The molecule has 116 valence electrons. The van der Waals surface area contributed by atoms with E-state index in [0.29, 0.717) is 4.90 Å². The molecule has 11 heteroatoms. The highest BCUT2D eigenvalue weighted by atomic mass is 35.5. The lowest BCUT2D eigenvalue weighted by Gasteiger charge is -2.19. The number of aromatic nitrogens is 2. The number of nitrogens with two attached hydrogens (primary N) is 1. The lowest BCUT2D eigenvalue weighted by Crippen LogP contribution is -2.39. The van der Waals surface area contributed by atoms with Crippen LogP contribution < -0.4 is 11.1 Å². The molecule has 1 heterocycles. The van der Waals surface area contributed by atoms with E-state index in [2.05, 4.69) is 15.5 Å². The Morgan fingerprint density at radius 2 is 2.05 bits per heavy atom. The van der Waals surface area contributed by atoms with E-state index in [9.17, 15) is 22.8 Å². The van der Waals surface area contributed by atoms with Gasteiger partial charge in [-0.2, -0.15) is 13.2 Å². The Labute approximate surface area is 122 Å². The number of nitrogens with zero attached hydrogens (tertiary/aromatic N) is 3. The molecular weight excluding hydrogens is 315 g/mol. The van der Waals surface area contributed by atoms with Crippen molar-refractivity contribution in [3.63, 3.8) is 0 Å². The number of anilines is 1. The highest BCUT2D eigenvalue weighted by Gasteiger charge is 2.31. The Bertz CT molecular complexity index is 552. The fourth-order valence-electron chi connectivity index (χ4n) is 1.34. The fourth-order valence-corrected chi connectivity index (χ4v) is 1.48. The Balaban J connectivity index is 2.71. The topological polar surface area (TPSA) is 101 Å². The molecule has 0 unspecified atom stereocenters. The molecule has 1 aromatic rings. The number of amides is 2. The fraction of sp³-hybridized carbons (Fsp3) is 0.400. The second-order valence-electron chi connectivity index (χ2n) is 4.01. The molecule has 0 aliphatic carbocycles. The molecule has 0 fully saturated rings. The molecule has 21 heavy (non-hydrogen) atoms. The minimum Gasteiger partial charge on any atom is -0.365 e. The quantitative estimate of drug-likeness (QED) is 0.828. The van der Waals surface area contributed by atoms with E-state index < -0.39 is 31.1 Å². The van der Waals surface area contributed by atoms with Crippen LogP contribution in [0.5, 0.6) is 0 Å². The number of carbonyl (C=O) groups excluding carboxylic acids is 2. The predicted molar refractivity (Wildman–Crippen MR) is 67.7 cm³/mol. The van der Waals surface area contributed by atoms with Crippen molar-refractivity contribution in [2.45, 2.75) is 6.18 Å². The molecule has 1 rings (SSSR count). The van der Waals surface area contributed by atoms with Crippen molar-refractivity contribution in [1.82, 2.24) is 15.1 Å². The summed E-state index contributed by atoms with van der Waals surface area (Å²) in [6.07, 6.45) is -4.50. The van der Waals surface area contributed by atoms with Crippen LogP contribution in [0.15, 0.2) is 6.07 Å². The van der Waals surface area contributed by atoms with Gasteiger partial charge in [-0.1, -0.05) is 11.6 Å². The number of carbonyl (C=O) groups is 2. The van der Waals surface area contributed by atoms with Crippen LogP contribution in [0.3, 0.4) is 0 Å². The molecule has 0 aliphatic rings. The molecule has 0 bridgehead atoms. The van der Waals surface area contributed by atoms with Gasteiger partial charge in [0.1, 0.15) is 6.54 Å². The standard InChI is InChI=1S/C10H11ClF3N5O2/c1-19(4-10(12,13)14)7(20)3-16-9-5(8(15)21)2-6(11)17-18-9/h2H,3-4H2,1H3,(H2,15,21)(H,16,18). The van der Waals surface area contributed by atoms with Gasteiger partial charge in [-0.05, 0) is 6.07 Å². The molecule has 3 N–H and O–H groups in total. The third kappa shape index (κ3) is 5.42. The zero-order valence-corrected chi connectivity index (χ0v) is 11.5. The summed E-state index contributed by atoms with van der Waals surface area (Å²) in [5.41, 5.74) is 4.96. The summed E-state index contributed by atoms with van der Waals surface area (Å²) < 4.78 is 36.4. The third-order valence-corrected chi connectivity index (χ3v) is 2.46. The number of primary amides is 1. The number of halogens is 4. The van der Waals surface area contributed by atoms with E-state index >= 15 is 0 Å². The van der Waals surface area contributed by atoms with Gasteiger partial charge >= 0.3 is 6.18 Å². The molecule has 2 amide bonds. The van der Waals surface area contributed by atoms with E-state index in [1.807, 2.05) is 0 Å². The average Bonchev–Trinajstić information content (AvgIpc) is 2.34. The highest BCUT2D eigenvalue weighted by molar-refractivity contribution is 6.29. The van der Waals surface area contributed by atoms with Crippen LogP contribution in [0.25, 0.3) is 0 Å². The normalized spacial score (nSPS) is 11.1. The number of nitrogens with one attached hydrogen (secondary N) is 1. The zero-order valence-electron chi connectivity index (χ0n) is 10.7. The maximum Gasteiger partial charge on any atom is 0.406 e. The van der Waals surface area contributed by atoms with Crippen molar-refractivity contribution in [1.29, 1.82) is 0 Å². The molecule has 0 atom stereocenters. The summed E-state index contributed by atoms with van der Waals surface area (Å²) in [7, 11) is 1.00. The SMILES string of the molecule is CN(CC(F)(F)F)C(=O)CNc1nnc(Cl)cc1C(N)=O. The number of alkyl halides is 3. The zero-order chi connectivity index (χ0) is 16.2. The van der Waals surface area contributed by atoms with Crippen LogP contribution in [-0.2, 0) is 4.79 Å². The molecule has 0 saturated heterocycles. The first kappa shape index (κ1) is 17.0. The molecule has 0 radical (unpaired) electrons. The first-order valence-electron chi connectivity index (χ1n) is 5.48. The second kappa shape index (κ2) is 6.57. The maximum absolute atomic E-state index is 12.1. The van der Waals surface area contributed by atoms with Crippen LogP contribution in [0.1, 0.15) is 10.4 Å². The minimum absolute atomic E-state index is 0.0881. The molecule has 0 saturated carbocycles. The van der Waals surface area contributed by atoms with Crippen molar-refractivity contribution in [3.05, 3.63) is 16.8 Å². The van der Waals surface area contributed by atoms with Crippen molar-refractivity contribution >= 4 is 29.2 Å². The average molecular weight is 326 g/mol. The van der Waals surface area contributed by atoms with Crippen LogP contribution in [-0.4, -0.2) is 53.2 Å². The Morgan fingerprint density at radius 1 is 1.43 bits per heavy atom. The Hall–Kier alpha value is -2.10. The van der Waals surface area contributed by atoms with Gasteiger partial charge in [0.25, 0.3) is 5.91 Å². The lowest BCUT2D eigenvalue weighted by molar-refractivity contribution is -0.157. The third-order valence-electron chi connectivity index (χ3n) is 2.28.